The lowest BCUT2D eigenvalue weighted by Gasteiger charge is -2.16. The average molecular weight is 552 g/mol. The number of halogens is 4. The maximum absolute atomic E-state index is 13.5. The fourth-order valence-electron chi connectivity index (χ4n) is 4.65. The molecule has 0 radical (unpaired) electrons. The number of nitrogens with one attached hydrogen (secondary N) is 2. The van der Waals surface area contributed by atoms with Gasteiger partial charge >= 0.3 is 12.1 Å². The van der Waals surface area contributed by atoms with Crippen LogP contribution in [0.15, 0.2) is 53.3 Å². The number of carbonyl (C=O) groups is 2. The van der Waals surface area contributed by atoms with E-state index in [9.17, 15) is 27.6 Å². The summed E-state index contributed by atoms with van der Waals surface area (Å²) in [5.74, 6) is -1.11. The van der Waals surface area contributed by atoms with Crippen LogP contribution in [0, 0.1) is 5.92 Å². The zero-order valence-corrected chi connectivity index (χ0v) is 21.6. The zero-order chi connectivity index (χ0) is 26.9. The molecule has 0 bridgehead atoms. The Hall–Kier alpha value is -3.37. The van der Waals surface area contributed by atoms with Crippen LogP contribution in [0.4, 0.5) is 13.2 Å². The van der Waals surface area contributed by atoms with Gasteiger partial charge in [-0.05, 0) is 47.9 Å². The number of carbonyl (C=O) groups excluding carboxylic acids is 2. The number of rotatable bonds is 7. The van der Waals surface area contributed by atoms with Crippen molar-refractivity contribution in [1.29, 1.82) is 0 Å². The minimum Gasteiger partial charge on any atom is -0.462 e. The molecule has 1 saturated heterocycles. The van der Waals surface area contributed by atoms with E-state index in [2.05, 4.69) is 10.3 Å². The number of pyridine rings is 1. The molecule has 1 aromatic heterocycles. The molecule has 11 heteroatoms. The fraction of sp³-hybridized carbons (Fsp3) is 0.370. The van der Waals surface area contributed by atoms with Gasteiger partial charge in [-0.1, -0.05) is 44.2 Å². The minimum atomic E-state index is -4.58. The van der Waals surface area contributed by atoms with E-state index in [-0.39, 0.29) is 47.5 Å². The van der Waals surface area contributed by atoms with Gasteiger partial charge in [-0.2, -0.15) is 13.2 Å². The Labute approximate surface area is 223 Å². The summed E-state index contributed by atoms with van der Waals surface area (Å²) in [4.78, 5) is 40.1. The Morgan fingerprint density at radius 1 is 1.13 bits per heavy atom. The van der Waals surface area contributed by atoms with Crippen LogP contribution in [-0.2, 0) is 20.5 Å². The Morgan fingerprint density at radius 3 is 2.53 bits per heavy atom. The van der Waals surface area contributed by atoms with E-state index in [1.807, 2.05) is 13.8 Å². The van der Waals surface area contributed by atoms with Gasteiger partial charge in [-0.25, -0.2) is 0 Å². The molecule has 204 valence electrons. The number of hydrogen-bond acceptors (Lipinski definition) is 5. The lowest BCUT2D eigenvalue weighted by atomic mass is 9.93. The minimum absolute atomic E-state index is 0. The molecular weight excluding hydrogens is 523 g/mol. The van der Waals surface area contributed by atoms with E-state index in [0.717, 1.165) is 6.07 Å². The van der Waals surface area contributed by atoms with Gasteiger partial charge in [0.05, 0.1) is 17.5 Å². The van der Waals surface area contributed by atoms with Crippen LogP contribution in [0.1, 0.15) is 43.7 Å². The summed E-state index contributed by atoms with van der Waals surface area (Å²) in [7, 11) is 0. The van der Waals surface area contributed by atoms with Crippen LogP contribution in [0.25, 0.3) is 22.0 Å². The molecule has 0 aliphatic carbocycles. The molecule has 4 rings (SSSR count). The summed E-state index contributed by atoms with van der Waals surface area (Å²) in [5, 5.41) is 3.51. The molecule has 0 unspecified atom stereocenters. The van der Waals surface area contributed by atoms with Crippen molar-refractivity contribution < 1.29 is 27.5 Å². The van der Waals surface area contributed by atoms with Gasteiger partial charge in [-0.15, -0.1) is 12.4 Å². The summed E-state index contributed by atoms with van der Waals surface area (Å²) in [6.45, 7) is 3.89. The van der Waals surface area contributed by atoms with Crippen molar-refractivity contribution in [3.63, 3.8) is 0 Å². The lowest BCUT2D eigenvalue weighted by molar-refractivity contribution is -0.146. The quantitative estimate of drug-likeness (QED) is 0.373. The van der Waals surface area contributed by atoms with Crippen LogP contribution in [0.2, 0.25) is 0 Å². The van der Waals surface area contributed by atoms with Crippen molar-refractivity contribution in [3.05, 3.63) is 70.0 Å². The average Bonchev–Trinajstić information content (AvgIpc) is 3.21. The summed E-state index contributed by atoms with van der Waals surface area (Å²) in [6, 6.07) is 10.3. The van der Waals surface area contributed by atoms with E-state index in [1.165, 1.54) is 24.3 Å². The Bertz CT molecular complexity index is 1390. The molecule has 7 nitrogen and oxygen atoms in total. The number of aromatic amines is 1. The number of H-pyrrole nitrogens is 1. The molecule has 3 aromatic rings. The van der Waals surface area contributed by atoms with Gasteiger partial charge in [0.2, 0.25) is 5.91 Å². The number of nitrogens with two attached hydrogens (primary N) is 1. The molecule has 0 spiro atoms. The first-order valence-corrected chi connectivity index (χ1v) is 12.0. The van der Waals surface area contributed by atoms with E-state index in [4.69, 9.17) is 10.5 Å². The van der Waals surface area contributed by atoms with Gasteiger partial charge < -0.3 is 20.8 Å². The first-order valence-electron chi connectivity index (χ1n) is 12.0. The summed E-state index contributed by atoms with van der Waals surface area (Å²) in [5.41, 5.74) is 4.95. The normalized spacial score (nSPS) is 18.2. The number of aromatic nitrogens is 1. The van der Waals surface area contributed by atoms with Gasteiger partial charge in [-0.3, -0.25) is 14.4 Å². The number of fused-ring (bicyclic) bond motifs is 1. The fourth-order valence-corrected chi connectivity index (χ4v) is 4.65. The molecule has 0 saturated carbocycles. The van der Waals surface area contributed by atoms with Crippen LogP contribution >= 0.6 is 12.4 Å². The van der Waals surface area contributed by atoms with Crippen LogP contribution in [0.5, 0.6) is 0 Å². The molecular formula is C27H29ClF3N3O4. The van der Waals surface area contributed by atoms with Crippen molar-refractivity contribution in [2.45, 2.75) is 50.9 Å². The van der Waals surface area contributed by atoms with Crippen molar-refractivity contribution in [2.24, 2.45) is 11.7 Å². The second kappa shape index (κ2) is 11.6. The number of hydrogen-bond donors (Lipinski definition) is 3. The molecule has 2 heterocycles. The molecule has 1 aliphatic rings. The number of ether oxygens (including phenoxy) is 1. The standard InChI is InChI=1S/C27H28F3N3O4.ClH/c1-14(2)9-22(31)26(36)37-13-17-12-20(24(34)32-17)15-7-8-16-11-23(33-25(35)19(16)10-15)18-5-3-4-6-21(18)27(28,29)30;/h3-8,10-11,14,17,20,22H,9,12-13,31H2,1-2H3,(H,32,34)(H,33,35);1H/t17-,20-,22+;/m1./s1. The Balaban J connectivity index is 0.00000400. The number of alkyl halides is 3. The molecule has 1 amide bonds. The first-order chi connectivity index (χ1) is 17.4. The predicted octanol–water partition coefficient (Wildman–Crippen LogP) is 4.52. The smallest absolute Gasteiger partial charge is 0.417 e. The third-order valence-electron chi connectivity index (χ3n) is 6.43. The molecule has 3 atom stereocenters. The summed E-state index contributed by atoms with van der Waals surface area (Å²) < 4.78 is 45.7. The lowest BCUT2D eigenvalue weighted by Crippen LogP contribution is -2.37. The van der Waals surface area contributed by atoms with Crippen molar-refractivity contribution >= 4 is 35.1 Å². The predicted molar refractivity (Wildman–Crippen MR) is 140 cm³/mol. The van der Waals surface area contributed by atoms with Gasteiger partial charge in [0.1, 0.15) is 12.6 Å². The van der Waals surface area contributed by atoms with Crippen molar-refractivity contribution in [1.82, 2.24) is 10.3 Å². The Morgan fingerprint density at radius 2 is 1.84 bits per heavy atom. The third-order valence-corrected chi connectivity index (χ3v) is 6.43. The van der Waals surface area contributed by atoms with Gasteiger partial charge in [0, 0.05) is 16.6 Å². The Kier molecular flexibility index (Phi) is 8.89. The summed E-state index contributed by atoms with van der Waals surface area (Å²) >= 11 is 0. The molecule has 38 heavy (non-hydrogen) atoms. The van der Waals surface area contributed by atoms with E-state index in [1.54, 1.807) is 18.2 Å². The molecule has 1 aliphatic heterocycles. The monoisotopic (exact) mass is 551 g/mol. The highest BCUT2D eigenvalue weighted by Gasteiger charge is 2.35. The van der Waals surface area contributed by atoms with Gasteiger partial charge in [0.15, 0.2) is 0 Å². The van der Waals surface area contributed by atoms with Crippen LogP contribution in [-0.4, -0.2) is 35.6 Å². The van der Waals surface area contributed by atoms with Crippen molar-refractivity contribution in [3.8, 4) is 11.3 Å². The maximum atomic E-state index is 13.5. The molecule has 4 N–H and O–H groups in total. The topological polar surface area (TPSA) is 114 Å². The zero-order valence-electron chi connectivity index (χ0n) is 20.8. The van der Waals surface area contributed by atoms with E-state index in [0.29, 0.717) is 23.8 Å². The highest BCUT2D eigenvalue weighted by atomic mass is 35.5. The second-order valence-corrected chi connectivity index (χ2v) is 9.76. The third kappa shape index (κ3) is 6.36. The maximum Gasteiger partial charge on any atom is 0.417 e. The number of amides is 1. The van der Waals surface area contributed by atoms with E-state index < -0.39 is 41.3 Å². The SMILES string of the molecule is CC(C)C[C@H](N)C(=O)OC[C@H]1C[C@H](c2ccc3cc(-c4ccccc4C(F)(F)F)[nH]c(=O)c3c2)C(=O)N1.Cl. The highest BCUT2D eigenvalue weighted by molar-refractivity contribution is 5.90. The van der Waals surface area contributed by atoms with Crippen LogP contribution in [0.3, 0.4) is 0 Å². The molecule has 1 fully saturated rings. The largest absolute Gasteiger partial charge is 0.462 e. The van der Waals surface area contributed by atoms with Crippen molar-refractivity contribution in [2.75, 3.05) is 6.61 Å². The second-order valence-electron chi connectivity index (χ2n) is 9.76. The van der Waals surface area contributed by atoms with Crippen LogP contribution < -0.4 is 16.6 Å². The number of benzene rings is 2. The van der Waals surface area contributed by atoms with Gasteiger partial charge in [0.25, 0.3) is 5.56 Å². The first kappa shape index (κ1) is 29.2. The number of esters is 1. The van der Waals surface area contributed by atoms with E-state index >= 15 is 0 Å². The highest BCUT2D eigenvalue weighted by Crippen LogP contribution is 2.37. The summed E-state index contributed by atoms with van der Waals surface area (Å²) in [6.07, 6.45) is -3.73. The molecule has 2 aromatic carbocycles.